The second-order valence-electron chi connectivity index (χ2n) is 6.05. The number of nitriles is 1. The predicted octanol–water partition coefficient (Wildman–Crippen LogP) is 4.50. The zero-order valence-corrected chi connectivity index (χ0v) is 13.2. The van der Waals surface area contributed by atoms with Crippen molar-refractivity contribution in [3.63, 3.8) is 0 Å². The van der Waals surface area contributed by atoms with Gasteiger partial charge in [-0.25, -0.2) is 0 Å². The van der Waals surface area contributed by atoms with Crippen LogP contribution in [0, 0.1) is 17.2 Å². The summed E-state index contributed by atoms with van der Waals surface area (Å²) in [5, 5.41) is 9.09. The van der Waals surface area contributed by atoms with E-state index in [1.807, 2.05) is 0 Å². The fraction of sp³-hybridized carbons (Fsp3) is 0.786. The van der Waals surface area contributed by atoms with Crippen LogP contribution in [0.3, 0.4) is 0 Å². The first-order valence-electron chi connectivity index (χ1n) is 6.45. The van der Waals surface area contributed by atoms with Gasteiger partial charge in [0.25, 0.3) is 0 Å². The van der Waals surface area contributed by atoms with Crippen LogP contribution in [0.5, 0.6) is 0 Å². The van der Waals surface area contributed by atoms with Crippen molar-refractivity contribution in [1.82, 2.24) is 0 Å². The van der Waals surface area contributed by atoms with Crippen molar-refractivity contribution in [3.05, 3.63) is 11.6 Å². The molecule has 0 amide bonds. The normalized spacial score (nSPS) is 14.9. The van der Waals surface area contributed by atoms with E-state index in [9.17, 15) is 0 Å². The van der Waals surface area contributed by atoms with Gasteiger partial charge in [-0.15, -0.1) is 0 Å². The van der Waals surface area contributed by atoms with Crippen LogP contribution in [0.25, 0.3) is 0 Å². The topological polar surface area (TPSA) is 33.0 Å². The van der Waals surface area contributed by atoms with E-state index in [4.69, 9.17) is 9.69 Å². The largest absolute Gasteiger partial charge is 0.402 e. The van der Waals surface area contributed by atoms with E-state index in [1.54, 1.807) is 0 Å². The first-order chi connectivity index (χ1) is 7.74. The molecule has 0 aliphatic rings. The van der Waals surface area contributed by atoms with E-state index in [2.05, 4.69) is 52.6 Å². The lowest BCUT2D eigenvalue weighted by atomic mass is 9.98. The quantitative estimate of drug-likeness (QED) is 0.494. The molecule has 0 bridgehead atoms. The molecule has 0 aromatic rings. The Kier molecular flexibility index (Phi) is 7.41. The molecule has 0 spiro atoms. The summed E-state index contributed by atoms with van der Waals surface area (Å²) < 4.78 is 5.85. The fourth-order valence-electron chi connectivity index (χ4n) is 1.69. The molecule has 98 valence electrons. The van der Waals surface area contributed by atoms with Crippen LogP contribution < -0.4 is 0 Å². The molecule has 2 atom stereocenters. The third-order valence-corrected chi connectivity index (χ3v) is 3.46. The number of hydrogen-bond acceptors (Lipinski definition) is 2. The fourth-order valence-corrected chi connectivity index (χ4v) is 2.70. The Bertz CT molecular complexity index is 282. The molecule has 0 radical (unpaired) electrons. The Morgan fingerprint density at radius 2 is 1.94 bits per heavy atom. The Balaban J connectivity index is 4.04. The monoisotopic (exact) mass is 253 g/mol. The lowest BCUT2D eigenvalue weighted by Crippen LogP contribution is -2.32. The summed E-state index contributed by atoms with van der Waals surface area (Å²) in [5.74, 6) is 0.548. The van der Waals surface area contributed by atoms with E-state index in [1.165, 1.54) is 5.57 Å². The molecule has 0 aromatic carbocycles. The number of rotatable bonds is 7. The van der Waals surface area contributed by atoms with Gasteiger partial charge in [0.05, 0.1) is 6.07 Å². The standard InChI is InChI=1S/C14H27NOSi/c1-12(2)8-7-9-13(3)10-14(11-15)16-17(4,5)6/h8,13-14H,7,9-10H2,1-6H3/t13?,14-/m0/s1. The maximum absolute atomic E-state index is 9.09. The SMILES string of the molecule is CC(C)=CCCC(C)C[C@@H](C#N)O[Si](C)(C)C. The molecule has 0 aliphatic heterocycles. The van der Waals surface area contributed by atoms with Crippen LogP contribution in [0.15, 0.2) is 11.6 Å². The van der Waals surface area contributed by atoms with Gasteiger partial charge in [0, 0.05) is 0 Å². The third kappa shape index (κ3) is 10.3. The van der Waals surface area contributed by atoms with Crippen LogP contribution in [-0.2, 0) is 4.43 Å². The lowest BCUT2D eigenvalue weighted by molar-refractivity contribution is 0.212. The third-order valence-electron chi connectivity index (χ3n) is 2.47. The number of allylic oxidation sites excluding steroid dienone is 2. The van der Waals surface area contributed by atoms with Gasteiger partial charge in [0.2, 0.25) is 0 Å². The zero-order chi connectivity index (χ0) is 13.5. The summed E-state index contributed by atoms with van der Waals surface area (Å²) in [5.41, 5.74) is 1.37. The summed E-state index contributed by atoms with van der Waals surface area (Å²) >= 11 is 0. The molecule has 0 fully saturated rings. The Morgan fingerprint density at radius 3 is 2.35 bits per heavy atom. The number of hydrogen-bond donors (Lipinski definition) is 0. The van der Waals surface area contributed by atoms with Gasteiger partial charge in [0.1, 0.15) is 6.10 Å². The minimum atomic E-state index is -1.59. The van der Waals surface area contributed by atoms with Crippen molar-refractivity contribution < 1.29 is 4.43 Å². The van der Waals surface area contributed by atoms with Crippen LogP contribution in [0.4, 0.5) is 0 Å². The van der Waals surface area contributed by atoms with Gasteiger partial charge < -0.3 is 4.43 Å². The minimum absolute atomic E-state index is 0.219. The average Bonchev–Trinajstić information content (AvgIpc) is 2.13. The Hall–Kier alpha value is -0.593. The number of nitrogens with zero attached hydrogens (tertiary/aromatic N) is 1. The molecule has 3 heteroatoms. The van der Waals surface area contributed by atoms with Crippen molar-refractivity contribution >= 4 is 8.32 Å². The molecule has 2 nitrogen and oxygen atoms in total. The second kappa shape index (κ2) is 7.68. The summed E-state index contributed by atoms with van der Waals surface area (Å²) in [6.07, 6.45) is 5.14. The van der Waals surface area contributed by atoms with Gasteiger partial charge >= 0.3 is 0 Å². The van der Waals surface area contributed by atoms with E-state index in [0.717, 1.165) is 19.3 Å². The lowest BCUT2D eigenvalue weighted by Gasteiger charge is -2.23. The van der Waals surface area contributed by atoms with E-state index < -0.39 is 8.32 Å². The highest BCUT2D eigenvalue weighted by atomic mass is 28.4. The molecule has 0 rings (SSSR count). The molecule has 1 unspecified atom stereocenters. The minimum Gasteiger partial charge on any atom is -0.402 e. The average molecular weight is 253 g/mol. The molecule has 0 aromatic heterocycles. The van der Waals surface area contributed by atoms with Gasteiger partial charge in [-0.1, -0.05) is 18.6 Å². The first kappa shape index (κ1) is 16.4. The van der Waals surface area contributed by atoms with E-state index in [0.29, 0.717) is 5.92 Å². The maximum Gasteiger partial charge on any atom is 0.185 e. The Morgan fingerprint density at radius 1 is 1.35 bits per heavy atom. The van der Waals surface area contributed by atoms with Crippen molar-refractivity contribution in [1.29, 1.82) is 5.26 Å². The highest BCUT2D eigenvalue weighted by Crippen LogP contribution is 2.18. The second-order valence-corrected chi connectivity index (χ2v) is 10.5. The molecular formula is C14H27NOSi. The highest BCUT2D eigenvalue weighted by molar-refractivity contribution is 6.69. The molecule has 0 saturated heterocycles. The highest BCUT2D eigenvalue weighted by Gasteiger charge is 2.22. The van der Waals surface area contributed by atoms with Gasteiger partial charge in [-0.05, 0) is 58.7 Å². The van der Waals surface area contributed by atoms with Crippen LogP contribution in [0.2, 0.25) is 19.6 Å². The molecule has 0 aliphatic carbocycles. The summed E-state index contributed by atoms with van der Waals surface area (Å²) in [4.78, 5) is 0. The summed E-state index contributed by atoms with van der Waals surface area (Å²) in [7, 11) is -1.59. The zero-order valence-electron chi connectivity index (χ0n) is 12.2. The predicted molar refractivity (Wildman–Crippen MR) is 76.3 cm³/mol. The van der Waals surface area contributed by atoms with Crippen LogP contribution in [0.1, 0.15) is 40.0 Å². The summed E-state index contributed by atoms with van der Waals surface area (Å²) in [6.45, 7) is 12.8. The Labute approximate surface area is 108 Å². The van der Waals surface area contributed by atoms with Crippen molar-refractivity contribution in [2.45, 2.75) is 65.8 Å². The first-order valence-corrected chi connectivity index (χ1v) is 9.86. The van der Waals surface area contributed by atoms with Crippen LogP contribution >= 0.6 is 0 Å². The van der Waals surface area contributed by atoms with E-state index in [-0.39, 0.29) is 6.10 Å². The van der Waals surface area contributed by atoms with Crippen molar-refractivity contribution in [3.8, 4) is 6.07 Å². The van der Waals surface area contributed by atoms with Gasteiger partial charge in [-0.3, -0.25) is 0 Å². The molecule has 0 N–H and O–H groups in total. The molecule has 17 heavy (non-hydrogen) atoms. The van der Waals surface area contributed by atoms with Gasteiger partial charge in [0.15, 0.2) is 8.32 Å². The van der Waals surface area contributed by atoms with E-state index >= 15 is 0 Å². The van der Waals surface area contributed by atoms with Gasteiger partial charge in [-0.2, -0.15) is 5.26 Å². The molecule has 0 heterocycles. The smallest absolute Gasteiger partial charge is 0.185 e. The maximum atomic E-state index is 9.09. The molecular weight excluding hydrogens is 226 g/mol. The summed E-state index contributed by atoms with van der Waals surface area (Å²) in [6, 6.07) is 2.29. The van der Waals surface area contributed by atoms with Crippen LogP contribution in [-0.4, -0.2) is 14.4 Å². The molecule has 0 saturated carbocycles. The van der Waals surface area contributed by atoms with Crippen molar-refractivity contribution in [2.75, 3.05) is 0 Å². The van der Waals surface area contributed by atoms with Crippen molar-refractivity contribution in [2.24, 2.45) is 5.92 Å².